The molecule has 1 aromatic rings. The van der Waals surface area contributed by atoms with E-state index >= 15 is 0 Å². The van der Waals surface area contributed by atoms with Gasteiger partial charge in [-0.3, -0.25) is 0 Å². The summed E-state index contributed by atoms with van der Waals surface area (Å²) in [5, 5.41) is 0. The number of hydrogen-bond acceptors (Lipinski definition) is 3. The van der Waals surface area contributed by atoms with Gasteiger partial charge in [-0.2, -0.15) is 0 Å². The molecule has 0 atom stereocenters. The fourth-order valence-corrected chi connectivity index (χ4v) is 3.72. The number of hydrogen-bond donors (Lipinski definition) is 1. The monoisotopic (exact) mass is 334 g/mol. The molecule has 6 heteroatoms. The van der Waals surface area contributed by atoms with Crippen LogP contribution in [0.4, 0.5) is 0 Å². The molecule has 0 aliphatic carbocycles. The maximum absolute atomic E-state index is 12.4. The van der Waals surface area contributed by atoms with Crippen LogP contribution in [-0.2, 0) is 16.6 Å². The van der Waals surface area contributed by atoms with E-state index in [0.717, 1.165) is 18.4 Å². The Morgan fingerprint density at radius 2 is 2.06 bits per heavy atom. The molecular weight excluding hydrogens is 316 g/mol. The van der Waals surface area contributed by atoms with Gasteiger partial charge in [-0.05, 0) is 40.0 Å². The average molecular weight is 335 g/mol. The van der Waals surface area contributed by atoms with Gasteiger partial charge in [-0.1, -0.05) is 19.4 Å². The molecule has 0 bridgehead atoms. The Morgan fingerprint density at radius 1 is 1.39 bits per heavy atom. The van der Waals surface area contributed by atoms with E-state index in [-0.39, 0.29) is 4.90 Å². The minimum atomic E-state index is -3.44. The lowest BCUT2D eigenvalue weighted by molar-refractivity contribution is 0.459. The number of halogens is 1. The number of benzene rings is 1. The normalized spacial score (nSPS) is 12.1. The van der Waals surface area contributed by atoms with Crippen LogP contribution in [0.1, 0.15) is 25.3 Å². The largest absolute Gasteiger partial charge is 0.326 e. The van der Waals surface area contributed by atoms with E-state index in [1.54, 1.807) is 19.2 Å². The van der Waals surface area contributed by atoms with Crippen LogP contribution in [0, 0.1) is 0 Å². The molecule has 18 heavy (non-hydrogen) atoms. The second-order valence-electron chi connectivity index (χ2n) is 4.15. The van der Waals surface area contributed by atoms with Crippen molar-refractivity contribution in [2.75, 3.05) is 13.6 Å². The molecule has 0 saturated heterocycles. The third kappa shape index (κ3) is 3.54. The zero-order valence-corrected chi connectivity index (χ0v) is 13.1. The lowest BCUT2D eigenvalue weighted by atomic mass is 10.2. The molecule has 2 N–H and O–H groups in total. The topological polar surface area (TPSA) is 63.4 Å². The summed E-state index contributed by atoms with van der Waals surface area (Å²) in [7, 11) is -1.84. The fraction of sp³-hybridized carbons (Fsp3) is 0.500. The van der Waals surface area contributed by atoms with Gasteiger partial charge in [0, 0.05) is 24.6 Å². The van der Waals surface area contributed by atoms with Crippen LogP contribution in [-0.4, -0.2) is 26.3 Å². The van der Waals surface area contributed by atoms with E-state index in [0.29, 0.717) is 17.6 Å². The average Bonchev–Trinajstić information content (AvgIpc) is 2.36. The molecule has 0 amide bonds. The molecule has 102 valence electrons. The van der Waals surface area contributed by atoms with Crippen molar-refractivity contribution in [1.29, 1.82) is 0 Å². The minimum absolute atomic E-state index is 0.282. The van der Waals surface area contributed by atoms with Crippen molar-refractivity contribution in [3.63, 3.8) is 0 Å². The summed E-state index contributed by atoms with van der Waals surface area (Å²) in [6.07, 6.45) is 1.81. The van der Waals surface area contributed by atoms with Gasteiger partial charge in [0.25, 0.3) is 0 Å². The van der Waals surface area contributed by atoms with E-state index in [2.05, 4.69) is 15.9 Å². The highest BCUT2D eigenvalue weighted by Gasteiger charge is 2.23. The molecule has 0 aromatic heterocycles. The van der Waals surface area contributed by atoms with E-state index in [4.69, 9.17) is 5.73 Å². The summed E-state index contributed by atoms with van der Waals surface area (Å²) >= 11 is 3.29. The summed E-state index contributed by atoms with van der Waals surface area (Å²) in [6.45, 7) is 2.89. The third-order valence-electron chi connectivity index (χ3n) is 2.75. The second-order valence-corrected chi connectivity index (χ2v) is 7.02. The number of unbranched alkanes of at least 4 members (excludes halogenated alkanes) is 1. The molecule has 0 fully saturated rings. The van der Waals surface area contributed by atoms with Gasteiger partial charge in [-0.25, -0.2) is 12.7 Å². The standard InChI is InChI=1S/C12H19BrN2O2S/c1-3-4-7-15(2)18(16,17)12-8-10(9-14)5-6-11(12)13/h5-6,8H,3-4,7,9,14H2,1-2H3. The molecule has 1 rings (SSSR count). The SMILES string of the molecule is CCCCN(C)S(=O)(=O)c1cc(CN)ccc1Br. The van der Waals surface area contributed by atoms with Crippen molar-refractivity contribution < 1.29 is 8.42 Å². The first-order chi connectivity index (χ1) is 8.43. The summed E-state index contributed by atoms with van der Waals surface area (Å²) in [5.74, 6) is 0. The van der Waals surface area contributed by atoms with Crippen molar-refractivity contribution >= 4 is 26.0 Å². The van der Waals surface area contributed by atoms with Gasteiger partial charge in [0.05, 0.1) is 4.90 Å². The molecule has 0 spiro atoms. The lowest BCUT2D eigenvalue weighted by Gasteiger charge is -2.18. The summed E-state index contributed by atoms with van der Waals surface area (Å²) in [6, 6.07) is 5.17. The number of rotatable bonds is 6. The van der Waals surface area contributed by atoms with Crippen molar-refractivity contribution in [3.05, 3.63) is 28.2 Å². The molecule has 0 unspecified atom stereocenters. The van der Waals surface area contributed by atoms with Crippen molar-refractivity contribution in [3.8, 4) is 0 Å². The molecule has 4 nitrogen and oxygen atoms in total. The first-order valence-corrected chi connectivity index (χ1v) is 8.11. The predicted octanol–water partition coefficient (Wildman–Crippen LogP) is 2.33. The number of nitrogens with zero attached hydrogens (tertiary/aromatic N) is 1. The molecule has 0 aliphatic heterocycles. The highest BCUT2D eigenvalue weighted by atomic mass is 79.9. The van der Waals surface area contributed by atoms with Gasteiger partial charge in [0.15, 0.2) is 0 Å². The Labute approximate surface area is 117 Å². The van der Waals surface area contributed by atoms with Crippen LogP contribution in [0.3, 0.4) is 0 Å². The Morgan fingerprint density at radius 3 is 2.61 bits per heavy atom. The molecule has 0 saturated carbocycles. The van der Waals surface area contributed by atoms with Crippen LogP contribution in [0.2, 0.25) is 0 Å². The molecule has 0 aliphatic rings. The Bertz CT molecular complexity index is 503. The third-order valence-corrected chi connectivity index (χ3v) is 5.60. The van der Waals surface area contributed by atoms with Crippen LogP contribution in [0.5, 0.6) is 0 Å². The minimum Gasteiger partial charge on any atom is -0.326 e. The van der Waals surface area contributed by atoms with Gasteiger partial charge in [0.2, 0.25) is 10.0 Å². The van der Waals surface area contributed by atoms with Crippen molar-refractivity contribution in [1.82, 2.24) is 4.31 Å². The maximum Gasteiger partial charge on any atom is 0.243 e. The molecule has 0 heterocycles. The van der Waals surface area contributed by atoms with E-state index in [1.165, 1.54) is 4.31 Å². The van der Waals surface area contributed by atoms with Crippen LogP contribution >= 0.6 is 15.9 Å². The van der Waals surface area contributed by atoms with E-state index in [1.807, 2.05) is 13.0 Å². The highest BCUT2D eigenvalue weighted by molar-refractivity contribution is 9.10. The van der Waals surface area contributed by atoms with E-state index in [9.17, 15) is 8.42 Å². The quantitative estimate of drug-likeness (QED) is 0.868. The number of sulfonamides is 1. The predicted molar refractivity (Wildman–Crippen MR) is 76.8 cm³/mol. The van der Waals surface area contributed by atoms with Gasteiger partial charge in [0.1, 0.15) is 0 Å². The van der Waals surface area contributed by atoms with Gasteiger partial charge < -0.3 is 5.73 Å². The Hall–Kier alpha value is -0.430. The van der Waals surface area contributed by atoms with Crippen molar-refractivity contribution in [2.45, 2.75) is 31.2 Å². The summed E-state index contributed by atoms with van der Waals surface area (Å²) in [4.78, 5) is 0.282. The first-order valence-electron chi connectivity index (χ1n) is 5.88. The smallest absolute Gasteiger partial charge is 0.243 e. The Balaban J connectivity index is 3.11. The van der Waals surface area contributed by atoms with E-state index < -0.39 is 10.0 Å². The highest BCUT2D eigenvalue weighted by Crippen LogP contribution is 2.25. The van der Waals surface area contributed by atoms with Crippen LogP contribution in [0.25, 0.3) is 0 Å². The first kappa shape index (κ1) is 15.6. The summed E-state index contributed by atoms with van der Waals surface area (Å²) in [5.41, 5.74) is 6.35. The lowest BCUT2D eigenvalue weighted by Crippen LogP contribution is -2.28. The Kier molecular flexibility index (Phi) is 5.78. The zero-order chi connectivity index (χ0) is 13.8. The maximum atomic E-state index is 12.4. The van der Waals surface area contributed by atoms with Crippen LogP contribution in [0.15, 0.2) is 27.6 Å². The van der Waals surface area contributed by atoms with Crippen LogP contribution < -0.4 is 5.73 Å². The molecule has 1 aromatic carbocycles. The molecular formula is C12H19BrN2O2S. The van der Waals surface area contributed by atoms with Crippen molar-refractivity contribution in [2.24, 2.45) is 5.73 Å². The number of nitrogens with two attached hydrogens (primary N) is 1. The second kappa shape index (κ2) is 6.65. The zero-order valence-electron chi connectivity index (χ0n) is 10.7. The molecule has 0 radical (unpaired) electrons. The fourth-order valence-electron chi connectivity index (χ4n) is 1.54. The summed E-state index contributed by atoms with van der Waals surface area (Å²) < 4.78 is 26.7. The van der Waals surface area contributed by atoms with Gasteiger partial charge >= 0.3 is 0 Å². The van der Waals surface area contributed by atoms with Gasteiger partial charge in [-0.15, -0.1) is 0 Å².